The van der Waals surface area contributed by atoms with Gasteiger partial charge in [0.1, 0.15) is 0 Å². The predicted octanol–water partition coefficient (Wildman–Crippen LogP) is 7.35. The van der Waals surface area contributed by atoms with Gasteiger partial charge in [-0.2, -0.15) is 0 Å². The Labute approximate surface area is 144 Å². The second-order valence-corrected chi connectivity index (χ2v) is 42.7. The molecule has 0 aliphatic rings. The molecular formula is C18H42OSn2. The minimum atomic E-state index is -2.67. The van der Waals surface area contributed by atoms with Crippen LogP contribution in [0.3, 0.4) is 0 Å². The van der Waals surface area contributed by atoms with Crippen LogP contribution in [0.4, 0.5) is 0 Å². The van der Waals surface area contributed by atoms with E-state index in [1.165, 1.54) is 0 Å². The molecule has 0 aromatic rings. The van der Waals surface area contributed by atoms with Crippen LogP contribution < -0.4 is 0 Å². The molecule has 0 aromatic carbocycles. The first-order chi connectivity index (χ1) is 9.37. The Balaban J connectivity index is 6.06. The quantitative estimate of drug-likeness (QED) is 0.309. The van der Waals surface area contributed by atoms with Gasteiger partial charge in [0.25, 0.3) is 0 Å². The van der Waals surface area contributed by atoms with Crippen molar-refractivity contribution in [3.63, 3.8) is 0 Å². The standard InChI is InChI=1S/6C3H7.O.2Sn/c6*1-3-2;;;/h6*3H,1-2H3;;;. The van der Waals surface area contributed by atoms with E-state index < -0.39 is 37.6 Å². The van der Waals surface area contributed by atoms with E-state index in [4.69, 9.17) is 1.41 Å². The zero-order valence-electron chi connectivity index (χ0n) is 16.9. The molecule has 0 N–H and O–H groups in total. The van der Waals surface area contributed by atoms with Crippen LogP contribution >= 0.6 is 0 Å². The van der Waals surface area contributed by atoms with E-state index in [9.17, 15) is 0 Å². The Morgan fingerprint density at radius 2 is 0.524 bits per heavy atom. The number of rotatable bonds is 8. The SMILES string of the molecule is C[CH](C)[Sn]([O][Sn]([CH](C)C)([CH](C)C)[CH](C)C)([CH](C)C)[CH](C)C. The summed E-state index contributed by atoms with van der Waals surface area (Å²) < 4.78 is 12.2. The molecule has 1 nitrogen and oxygen atoms in total. The van der Waals surface area contributed by atoms with Crippen molar-refractivity contribution in [3.8, 4) is 0 Å². The molecule has 0 bridgehead atoms. The average Bonchev–Trinajstić information content (AvgIpc) is 2.26. The molecule has 0 aromatic heterocycles. The number of hydrogen-bond donors (Lipinski definition) is 0. The summed E-state index contributed by atoms with van der Waals surface area (Å²) in [5.41, 5.74) is 0. The van der Waals surface area contributed by atoms with Crippen LogP contribution in [-0.4, -0.2) is 37.6 Å². The van der Waals surface area contributed by atoms with Gasteiger partial charge in [-0.25, -0.2) is 0 Å². The molecule has 0 saturated heterocycles. The molecule has 0 fully saturated rings. The summed E-state index contributed by atoms with van der Waals surface area (Å²) >= 11 is -5.34. The van der Waals surface area contributed by atoms with E-state index >= 15 is 0 Å². The van der Waals surface area contributed by atoms with Crippen molar-refractivity contribution in [1.82, 2.24) is 0 Å². The fraction of sp³-hybridized carbons (Fsp3) is 1.00. The Hall–Kier alpha value is 1.56. The van der Waals surface area contributed by atoms with Crippen molar-refractivity contribution in [1.29, 1.82) is 0 Å². The van der Waals surface area contributed by atoms with Crippen molar-refractivity contribution in [2.24, 2.45) is 0 Å². The summed E-state index contributed by atoms with van der Waals surface area (Å²) in [4.78, 5) is 0. The predicted molar refractivity (Wildman–Crippen MR) is 103 cm³/mol. The summed E-state index contributed by atoms with van der Waals surface area (Å²) in [5, 5.41) is 0. The maximum atomic E-state index is 7.61. The van der Waals surface area contributed by atoms with Crippen LogP contribution in [-0.2, 0) is 1.41 Å². The Kier molecular flexibility index (Phi) is 9.23. The molecule has 3 heteroatoms. The molecule has 0 rings (SSSR count). The van der Waals surface area contributed by atoms with E-state index in [1.54, 1.807) is 0 Å². The van der Waals surface area contributed by atoms with Gasteiger partial charge >= 0.3 is 146 Å². The zero-order valence-corrected chi connectivity index (χ0v) is 22.6. The fourth-order valence-electron chi connectivity index (χ4n) is 5.01. The number of hydrogen-bond acceptors (Lipinski definition) is 1. The van der Waals surface area contributed by atoms with Gasteiger partial charge in [-0.15, -0.1) is 0 Å². The van der Waals surface area contributed by atoms with Crippen molar-refractivity contribution >= 4 is 37.6 Å². The summed E-state index contributed by atoms with van der Waals surface area (Å²) in [7, 11) is 0. The van der Waals surface area contributed by atoms with Crippen molar-refractivity contribution in [2.45, 2.75) is 107 Å². The molecule has 21 heavy (non-hydrogen) atoms. The topological polar surface area (TPSA) is 9.23 Å². The molecule has 128 valence electrons. The van der Waals surface area contributed by atoms with E-state index in [0.29, 0.717) is 0 Å². The van der Waals surface area contributed by atoms with Gasteiger partial charge in [0.05, 0.1) is 0 Å². The first-order valence-electron chi connectivity index (χ1n) is 9.07. The van der Waals surface area contributed by atoms with Crippen LogP contribution in [0.25, 0.3) is 0 Å². The molecule has 0 aliphatic carbocycles. The van der Waals surface area contributed by atoms with Crippen LogP contribution in [0, 0.1) is 0 Å². The summed E-state index contributed by atoms with van der Waals surface area (Å²) in [5.74, 6) is 0. The van der Waals surface area contributed by atoms with Crippen molar-refractivity contribution in [3.05, 3.63) is 0 Å². The normalized spacial score (nSPS) is 14.6. The second kappa shape index (κ2) is 8.59. The zero-order chi connectivity index (χ0) is 17.2. The molecule has 0 heterocycles. The van der Waals surface area contributed by atoms with Gasteiger partial charge in [0, 0.05) is 0 Å². The van der Waals surface area contributed by atoms with E-state index in [2.05, 4.69) is 83.1 Å². The van der Waals surface area contributed by atoms with Gasteiger partial charge in [-0.3, -0.25) is 0 Å². The first-order valence-corrected chi connectivity index (χ1v) is 21.3. The minimum absolute atomic E-state index is 0.770. The third-order valence-corrected chi connectivity index (χ3v) is 52.2. The third kappa shape index (κ3) is 4.35. The van der Waals surface area contributed by atoms with Crippen molar-refractivity contribution in [2.75, 3.05) is 0 Å². The van der Waals surface area contributed by atoms with Crippen LogP contribution in [0.5, 0.6) is 0 Å². The molecule has 0 amide bonds. The van der Waals surface area contributed by atoms with Gasteiger partial charge in [0.15, 0.2) is 0 Å². The van der Waals surface area contributed by atoms with Gasteiger partial charge < -0.3 is 0 Å². The van der Waals surface area contributed by atoms with Crippen LogP contribution in [0.2, 0.25) is 23.6 Å². The fourth-order valence-corrected chi connectivity index (χ4v) is 72.4. The molecule has 0 saturated carbocycles. The van der Waals surface area contributed by atoms with Crippen LogP contribution in [0.15, 0.2) is 0 Å². The monoisotopic (exact) mass is 514 g/mol. The molecule has 0 spiro atoms. The third-order valence-electron chi connectivity index (χ3n) is 5.77. The summed E-state index contributed by atoms with van der Waals surface area (Å²) in [6.07, 6.45) is 0. The molecule has 0 aliphatic heterocycles. The molecule has 0 unspecified atom stereocenters. The Morgan fingerprint density at radius 1 is 0.381 bits per heavy atom. The van der Waals surface area contributed by atoms with Gasteiger partial charge in [-0.05, 0) is 0 Å². The molecule has 0 atom stereocenters. The Bertz CT molecular complexity index is 233. The van der Waals surface area contributed by atoms with Gasteiger partial charge in [-0.1, -0.05) is 0 Å². The average molecular weight is 512 g/mol. The molecular weight excluding hydrogens is 470 g/mol. The first kappa shape index (κ1) is 22.6. The van der Waals surface area contributed by atoms with E-state index in [0.717, 1.165) is 23.6 Å². The Morgan fingerprint density at radius 3 is 0.619 bits per heavy atom. The molecule has 0 radical (unpaired) electrons. The summed E-state index contributed by atoms with van der Waals surface area (Å²) in [6.45, 7) is 29.4. The maximum absolute atomic E-state index is 7.61. The van der Waals surface area contributed by atoms with Gasteiger partial charge in [0.2, 0.25) is 0 Å². The second-order valence-electron chi connectivity index (χ2n) is 8.74. The van der Waals surface area contributed by atoms with Crippen molar-refractivity contribution < 1.29 is 1.41 Å². The van der Waals surface area contributed by atoms with Crippen LogP contribution in [0.1, 0.15) is 83.1 Å². The van der Waals surface area contributed by atoms with E-state index in [-0.39, 0.29) is 0 Å². The van der Waals surface area contributed by atoms with E-state index in [1.807, 2.05) is 0 Å². The summed E-state index contributed by atoms with van der Waals surface area (Å²) in [6, 6.07) is 0.